The third-order valence-electron chi connectivity index (χ3n) is 3.09. The lowest BCUT2D eigenvalue weighted by atomic mass is 10.1. The standard InChI is InChI=1S/C18H20N2O3/c1-13(2)23-17-8-4-3-7-15(17)20-18(22)10-9-16(21)14-6-5-11-19-12-14/h3-8,11-13H,9-10H2,1-2H3,(H,20,22). The number of carbonyl (C=O) groups is 2. The zero-order valence-electron chi connectivity index (χ0n) is 13.3. The minimum absolute atomic E-state index is 0.0141. The zero-order chi connectivity index (χ0) is 16.7. The van der Waals surface area contributed by atoms with E-state index in [2.05, 4.69) is 10.3 Å². The summed E-state index contributed by atoms with van der Waals surface area (Å²) in [5.74, 6) is 0.302. The Bertz CT molecular complexity index is 669. The van der Waals surface area contributed by atoms with Crippen LogP contribution in [-0.4, -0.2) is 22.8 Å². The van der Waals surface area contributed by atoms with Gasteiger partial charge in [-0.15, -0.1) is 0 Å². The molecule has 120 valence electrons. The van der Waals surface area contributed by atoms with E-state index in [-0.39, 0.29) is 30.6 Å². The first kappa shape index (κ1) is 16.7. The van der Waals surface area contributed by atoms with Gasteiger partial charge in [0.15, 0.2) is 5.78 Å². The van der Waals surface area contributed by atoms with Gasteiger partial charge in [0.05, 0.1) is 11.8 Å². The maximum atomic E-state index is 12.1. The molecule has 0 saturated heterocycles. The second-order valence-corrected chi connectivity index (χ2v) is 5.38. The number of para-hydroxylation sites is 2. The fourth-order valence-electron chi connectivity index (χ4n) is 2.04. The number of benzene rings is 1. The van der Waals surface area contributed by atoms with Crippen LogP contribution in [0.4, 0.5) is 5.69 Å². The van der Waals surface area contributed by atoms with E-state index >= 15 is 0 Å². The largest absolute Gasteiger partial charge is 0.489 e. The SMILES string of the molecule is CC(C)Oc1ccccc1NC(=O)CCC(=O)c1cccnc1. The van der Waals surface area contributed by atoms with Crippen molar-refractivity contribution in [1.29, 1.82) is 0 Å². The average Bonchev–Trinajstić information content (AvgIpc) is 2.55. The quantitative estimate of drug-likeness (QED) is 0.795. The molecule has 0 aliphatic carbocycles. The summed E-state index contributed by atoms with van der Waals surface area (Å²) in [5, 5.41) is 2.79. The Morgan fingerprint density at radius 2 is 1.91 bits per heavy atom. The normalized spacial score (nSPS) is 10.4. The van der Waals surface area contributed by atoms with Crippen LogP contribution in [0.3, 0.4) is 0 Å². The van der Waals surface area contributed by atoms with E-state index in [0.29, 0.717) is 17.0 Å². The minimum atomic E-state index is -0.220. The lowest BCUT2D eigenvalue weighted by molar-refractivity contribution is -0.116. The summed E-state index contributed by atoms with van der Waals surface area (Å²) >= 11 is 0. The smallest absolute Gasteiger partial charge is 0.224 e. The van der Waals surface area contributed by atoms with Crippen molar-refractivity contribution in [2.24, 2.45) is 0 Å². The van der Waals surface area contributed by atoms with E-state index < -0.39 is 0 Å². The van der Waals surface area contributed by atoms with Crippen LogP contribution in [0.15, 0.2) is 48.8 Å². The van der Waals surface area contributed by atoms with E-state index in [1.165, 1.54) is 6.20 Å². The molecule has 0 aliphatic heterocycles. The molecule has 1 aromatic carbocycles. The lowest BCUT2D eigenvalue weighted by Gasteiger charge is -2.14. The molecule has 5 heteroatoms. The molecule has 1 N–H and O–H groups in total. The molecule has 23 heavy (non-hydrogen) atoms. The van der Waals surface area contributed by atoms with E-state index in [1.807, 2.05) is 26.0 Å². The Kier molecular flexibility index (Phi) is 5.86. The molecule has 0 saturated carbocycles. The van der Waals surface area contributed by atoms with Crippen molar-refractivity contribution < 1.29 is 14.3 Å². The van der Waals surface area contributed by atoms with E-state index in [0.717, 1.165) is 0 Å². The highest BCUT2D eigenvalue weighted by atomic mass is 16.5. The molecule has 0 bridgehead atoms. The van der Waals surface area contributed by atoms with E-state index in [9.17, 15) is 9.59 Å². The molecule has 1 aromatic heterocycles. The summed E-state index contributed by atoms with van der Waals surface area (Å²) in [7, 11) is 0. The summed E-state index contributed by atoms with van der Waals surface area (Å²) in [6.45, 7) is 3.84. The van der Waals surface area contributed by atoms with Gasteiger partial charge in [-0.05, 0) is 38.1 Å². The van der Waals surface area contributed by atoms with Crippen molar-refractivity contribution >= 4 is 17.4 Å². The van der Waals surface area contributed by atoms with Crippen LogP contribution in [0.1, 0.15) is 37.0 Å². The second kappa shape index (κ2) is 8.08. The number of hydrogen-bond donors (Lipinski definition) is 1. The molecule has 1 amide bonds. The van der Waals surface area contributed by atoms with Crippen molar-refractivity contribution in [3.05, 3.63) is 54.4 Å². The van der Waals surface area contributed by atoms with Crippen molar-refractivity contribution in [1.82, 2.24) is 4.98 Å². The number of hydrogen-bond acceptors (Lipinski definition) is 4. The summed E-state index contributed by atoms with van der Waals surface area (Å²) in [5.41, 5.74) is 1.13. The summed E-state index contributed by atoms with van der Waals surface area (Å²) < 4.78 is 5.65. The van der Waals surface area contributed by atoms with Gasteiger partial charge in [0.1, 0.15) is 5.75 Å². The molecule has 5 nitrogen and oxygen atoms in total. The number of amides is 1. The van der Waals surface area contributed by atoms with Crippen LogP contribution in [0.25, 0.3) is 0 Å². The highest BCUT2D eigenvalue weighted by molar-refractivity contribution is 6.00. The first-order valence-electron chi connectivity index (χ1n) is 7.55. The molecule has 1 heterocycles. The predicted molar refractivity (Wildman–Crippen MR) is 88.6 cm³/mol. The summed E-state index contributed by atoms with van der Waals surface area (Å²) in [6, 6.07) is 10.6. The van der Waals surface area contributed by atoms with Gasteiger partial charge >= 0.3 is 0 Å². The number of rotatable bonds is 7. The number of anilines is 1. The van der Waals surface area contributed by atoms with E-state index in [1.54, 1.807) is 30.5 Å². The Morgan fingerprint density at radius 1 is 1.13 bits per heavy atom. The van der Waals surface area contributed by atoms with Crippen LogP contribution >= 0.6 is 0 Å². The van der Waals surface area contributed by atoms with Gasteiger partial charge in [-0.25, -0.2) is 0 Å². The summed E-state index contributed by atoms with van der Waals surface area (Å²) in [6.07, 6.45) is 3.38. The lowest BCUT2D eigenvalue weighted by Crippen LogP contribution is -2.15. The molecular formula is C18H20N2O3. The number of nitrogens with one attached hydrogen (secondary N) is 1. The topological polar surface area (TPSA) is 68.3 Å². The monoisotopic (exact) mass is 312 g/mol. The van der Waals surface area contributed by atoms with Gasteiger partial charge < -0.3 is 10.1 Å². The Hall–Kier alpha value is -2.69. The maximum Gasteiger partial charge on any atom is 0.224 e. The highest BCUT2D eigenvalue weighted by Gasteiger charge is 2.12. The van der Waals surface area contributed by atoms with Crippen LogP contribution < -0.4 is 10.1 Å². The zero-order valence-corrected chi connectivity index (χ0v) is 13.3. The molecule has 0 aliphatic rings. The van der Waals surface area contributed by atoms with Gasteiger partial charge in [-0.3, -0.25) is 14.6 Å². The van der Waals surface area contributed by atoms with Crippen LogP contribution in [0, 0.1) is 0 Å². The Morgan fingerprint density at radius 3 is 2.61 bits per heavy atom. The van der Waals surface area contributed by atoms with Crippen molar-refractivity contribution in [3.8, 4) is 5.75 Å². The van der Waals surface area contributed by atoms with Gasteiger partial charge in [0.25, 0.3) is 0 Å². The number of ketones is 1. The van der Waals surface area contributed by atoms with Gasteiger partial charge in [-0.1, -0.05) is 12.1 Å². The number of ether oxygens (including phenoxy) is 1. The number of carbonyl (C=O) groups excluding carboxylic acids is 2. The molecule has 2 aromatic rings. The number of aromatic nitrogens is 1. The van der Waals surface area contributed by atoms with E-state index in [4.69, 9.17) is 4.74 Å². The van der Waals surface area contributed by atoms with Crippen molar-refractivity contribution in [2.75, 3.05) is 5.32 Å². The molecule has 0 radical (unpaired) electrons. The molecular weight excluding hydrogens is 292 g/mol. The fraction of sp³-hybridized carbons (Fsp3) is 0.278. The van der Waals surface area contributed by atoms with Crippen molar-refractivity contribution in [3.63, 3.8) is 0 Å². The Balaban J connectivity index is 1.91. The van der Waals surface area contributed by atoms with Crippen LogP contribution in [-0.2, 0) is 4.79 Å². The fourth-order valence-corrected chi connectivity index (χ4v) is 2.04. The average molecular weight is 312 g/mol. The molecule has 2 rings (SSSR count). The predicted octanol–water partition coefficient (Wildman–Crippen LogP) is 3.47. The number of Topliss-reactive ketones (excluding diaryl/α,β-unsaturated/α-hetero) is 1. The van der Waals surface area contributed by atoms with Crippen molar-refractivity contribution in [2.45, 2.75) is 32.8 Å². The minimum Gasteiger partial charge on any atom is -0.489 e. The Labute approximate surface area is 135 Å². The highest BCUT2D eigenvalue weighted by Crippen LogP contribution is 2.25. The second-order valence-electron chi connectivity index (χ2n) is 5.38. The molecule has 0 unspecified atom stereocenters. The maximum absolute atomic E-state index is 12.1. The molecule has 0 spiro atoms. The van der Waals surface area contributed by atoms with Gasteiger partial charge in [0.2, 0.25) is 5.91 Å². The first-order valence-corrected chi connectivity index (χ1v) is 7.55. The number of pyridine rings is 1. The van der Waals surface area contributed by atoms with Crippen LogP contribution in [0.2, 0.25) is 0 Å². The van der Waals surface area contributed by atoms with Gasteiger partial charge in [0, 0.05) is 30.8 Å². The summed E-state index contributed by atoms with van der Waals surface area (Å²) in [4.78, 5) is 27.9. The number of nitrogens with zero attached hydrogens (tertiary/aromatic N) is 1. The first-order chi connectivity index (χ1) is 11.1. The molecule has 0 fully saturated rings. The third kappa shape index (κ3) is 5.21. The third-order valence-corrected chi connectivity index (χ3v) is 3.09. The van der Waals surface area contributed by atoms with Gasteiger partial charge in [-0.2, -0.15) is 0 Å². The van der Waals surface area contributed by atoms with Crippen LogP contribution in [0.5, 0.6) is 5.75 Å². The molecule has 0 atom stereocenters.